The predicted molar refractivity (Wildman–Crippen MR) is 79.7 cm³/mol. The molecule has 2 aromatic rings. The van der Waals surface area contributed by atoms with Gasteiger partial charge in [0.05, 0.1) is 18.4 Å². The number of hydrogen-bond donors (Lipinski definition) is 2. The summed E-state index contributed by atoms with van der Waals surface area (Å²) >= 11 is 0. The van der Waals surface area contributed by atoms with E-state index in [9.17, 15) is 9.18 Å². The van der Waals surface area contributed by atoms with Gasteiger partial charge in [-0.1, -0.05) is 18.2 Å². The van der Waals surface area contributed by atoms with Gasteiger partial charge in [-0.05, 0) is 36.2 Å². The molecule has 1 amide bonds. The highest BCUT2D eigenvalue weighted by Crippen LogP contribution is 2.21. The van der Waals surface area contributed by atoms with Gasteiger partial charge >= 0.3 is 0 Å². The molecule has 5 heteroatoms. The lowest BCUT2D eigenvalue weighted by molar-refractivity contribution is 0.0946. The largest absolute Gasteiger partial charge is 0.495 e. The highest BCUT2D eigenvalue weighted by atomic mass is 19.1. The van der Waals surface area contributed by atoms with E-state index in [1.807, 2.05) is 0 Å². The lowest BCUT2D eigenvalue weighted by atomic mass is 10.1. The van der Waals surface area contributed by atoms with E-state index in [0.717, 1.165) is 5.56 Å². The summed E-state index contributed by atoms with van der Waals surface area (Å²) in [4.78, 5) is 12.0. The first-order chi connectivity index (χ1) is 10.0. The summed E-state index contributed by atoms with van der Waals surface area (Å²) in [5, 5.41) is 2.67. The maximum absolute atomic E-state index is 13.8. The van der Waals surface area contributed by atoms with Gasteiger partial charge in [-0.3, -0.25) is 4.79 Å². The minimum atomic E-state index is -0.496. The quantitative estimate of drug-likeness (QED) is 0.850. The Morgan fingerprint density at radius 2 is 2.10 bits per heavy atom. The maximum atomic E-state index is 13.8. The minimum Gasteiger partial charge on any atom is -0.495 e. The number of ether oxygens (including phenoxy) is 1. The van der Waals surface area contributed by atoms with Crippen LogP contribution in [0.25, 0.3) is 0 Å². The molecule has 0 bridgehead atoms. The molecule has 2 rings (SSSR count). The van der Waals surface area contributed by atoms with Crippen LogP contribution in [0.15, 0.2) is 36.4 Å². The van der Waals surface area contributed by atoms with Gasteiger partial charge in [0.25, 0.3) is 5.91 Å². The van der Waals surface area contributed by atoms with Crippen LogP contribution in [0, 0.1) is 12.7 Å². The second-order valence-corrected chi connectivity index (χ2v) is 4.70. The Balaban J connectivity index is 2.07. The number of hydrogen-bond acceptors (Lipinski definition) is 3. The van der Waals surface area contributed by atoms with Crippen LogP contribution in [0.4, 0.5) is 10.1 Å². The summed E-state index contributed by atoms with van der Waals surface area (Å²) < 4.78 is 18.9. The lowest BCUT2D eigenvalue weighted by Gasteiger charge is -2.09. The van der Waals surface area contributed by atoms with Gasteiger partial charge < -0.3 is 15.8 Å². The second kappa shape index (κ2) is 6.26. The molecule has 0 aliphatic heterocycles. The van der Waals surface area contributed by atoms with Crippen molar-refractivity contribution in [1.29, 1.82) is 0 Å². The SMILES string of the molecule is COc1ccc(CNC(=O)c2cccc(C)c2F)cc1N. The fourth-order valence-electron chi connectivity index (χ4n) is 1.99. The van der Waals surface area contributed by atoms with Crippen molar-refractivity contribution in [3.05, 3.63) is 58.9 Å². The zero-order valence-corrected chi connectivity index (χ0v) is 11.9. The molecular weight excluding hydrogens is 271 g/mol. The van der Waals surface area contributed by atoms with Crippen LogP contribution < -0.4 is 15.8 Å². The van der Waals surface area contributed by atoms with Crippen molar-refractivity contribution < 1.29 is 13.9 Å². The van der Waals surface area contributed by atoms with E-state index >= 15 is 0 Å². The van der Waals surface area contributed by atoms with Crippen molar-refractivity contribution in [1.82, 2.24) is 5.32 Å². The Labute approximate surface area is 122 Å². The van der Waals surface area contributed by atoms with E-state index in [1.54, 1.807) is 37.3 Å². The van der Waals surface area contributed by atoms with Crippen LogP contribution in [0.3, 0.4) is 0 Å². The second-order valence-electron chi connectivity index (χ2n) is 4.70. The number of nitrogens with two attached hydrogens (primary N) is 1. The molecule has 0 aliphatic carbocycles. The van der Waals surface area contributed by atoms with Gasteiger partial charge in [-0.25, -0.2) is 4.39 Å². The standard InChI is InChI=1S/C16H17FN2O2/c1-10-4-3-5-12(15(10)17)16(20)19-9-11-6-7-14(21-2)13(18)8-11/h3-8H,9,18H2,1-2H3,(H,19,20). The van der Waals surface area contributed by atoms with Gasteiger partial charge in [0.2, 0.25) is 0 Å². The number of rotatable bonds is 4. The van der Waals surface area contributed by atoms with E-state index in [0.29, 0.717) is 17.0 Å². The first-order valence-corrected chi connectivity index (χ1v) is 6.48. The Kier molecular flexibility index (Phi) is 4.42. The van der Waals surface area contributed by atoms with Crippen LogP contribution in [0.5, 0.6) is 5.75 Å². The molecule has 4 nitrogen and oxygen atoms in total. The number of methoxy groups -OCH3 is 1. The number of nitrogens with one attached hydrogen (secondary N) is 1. The summed E-state index contributed by atoms with van der Waals surface area (Å²) in [5.74, 6) is -0.371. The van der Waals surface area contributed by atoms with Crippen LogP contribution >= 0.6 is 0 Å². The van der Waals surface area contributed by atoms with E-state index in [-0.39, 0.29) is 12.1 Å². The molecule has 3 N–H and O–H groups in total. The van der Waals surface area contributed by atoms with E-state index < -0.39 is 11.7 Å². The van der Waals surface area contributed by atoms with Crippen molar-refractivity contribution in [3.63, 3.8) is 0 Å². The molecule has 0 fully saturated rings. The summed E-state index contributed by atoms with van der Waals surface area (Å²) in [6.45, 7) is 1.89. The Bertz CT molecular complexity index is 671. The van der Waals surface area contributed by atoms with E-state index in [2.05, 4.69) is 5.32 Å². The number of anilines is 1. The van der Waals surface area contributed by atoms with Gasteiger partial charge in [0, 0.05) is 6.54 Å². The predicted octanol–water partition coefficient (Wildman–Crippen LogP) is 2.65. The number of amides is 1. The summed E-state index contributed by atoms with van der Waals surface area (Å²) in [5.41, 5.74) is 7.58. The monoisotopic (exact) mass is 288 g/mol. The van der Waals surface area contributed by atoms with Gasteiger partial charge in [0.1, 0.15) is 11.6 Å². The molecule has 0 saturated heterocycles. The zero-order valence-electron chi connectivity index (χ0n) is 11.9. The highest BCUT2D eigenvalue weighted by molar-refractivity contribution is 5.94. The molecule has 0 radical (unpaired) electrons. The molecule has 0 atom stereocenters. The molecule has 0 aliphatic rings. The fraction of sp³-hybridized carbons (Fsp3) is 0.188. The van der Waals surface area contributed by atoms with Crippen LogP contribution in [-0.4, -0.2) is 13.0 Å². The number of nitrogen functional groups attached to an aromatic ring is 1. The Morgan fingerprint density at radius 1 is 1.33 bits per heavy atom. The lowest BCUT2D eigenvalue weighted by Crippen LogP contribution is -2.24. The summed E-state index contributed by atoms with van der Waals surface area (Å²) in [7, 11) is 1.54. The highest BCUT2D eigenvalue weighted by Gasteiger charge is 2.12. The van der Waals surface area contributed by atoms with Crippen molar-refractivity contribution >= 4 is 11.6 Å². The summed E-state index contributed by atoms with van der Waals surface area (Å²) in [6.07, 6.45) is 0. The average molecular weight is 288 g/mol. The number of aryl methyl sites for hydroxylation is 1. The third-order valence-electron chi connectivity index (χ3n) is 3.18. The first-order valence-electron chi connectivity index (χ1n) is 6.48. The third-order valence-corrected chi connectivity index (χ3v) is 3.18. The van der Waals surface area contributed by atoms with Crippen molar-refractivity contribution in [2.75, 3.05) is 12.8 Å². The average Bonchev–Trinajstić information content (AvgIpc) is 2.47. The zero-order chi connectivity index (χ0) is 15.4. The van der Waals surface area contributed by atoms with Crippen molar-refractivity contribution in [2.45, 2.75) is 13.5 Å². The molecule has 110 valence electrons. The summed E-state index contributed by atoms with van der Waals surface area (Å²) in [6, 6.07) is 9.97. The maximum Gasteiger partial charge on any atom is 0.254 e. The van der Waals surface area contributed by atoms with Crippen LogP contribution in [-0.2, 0) is 6.54 Å². The molecule has 21 heavy (non-hydrogen) atoms. The normalized spacial score (nSPS) is 10.2. The molecule has 0 saturated carbocycles. The minimum absolute atomic E-state index is 0.0384. The molecule has 0 spiro atoms. The Morgan fingerprint density at radius 3 is 2.76 bits per heavy atom. The number of carbonyl (C=O) groups is 1. The molecular formula is C16H17FN2O2. The smallest absolute Gasteiger partial charge is 0.254 e. The van der Waals surface area contributed by atoms with Gasteiger partial charge in [-0.15, -0.1) is 0 Å². The molecule has 0 heterocycles. The van der Waals surface area contributed by atoms with E-state index in [4.69, 9.17) is 10.5 Å². The third kappa shape index (κ3) is 3.31. The Hall–Kier alpha value is -2.56. The number of carbonyl (C=O) groups excluding carboxylic acids is 1. The fourth-order valence-corrected chi connectivity index (χ4v) is 1.99. The molecule has 2 aromatic carbocycles. The van der Waals surface area contributed by atoms with Gasteiger partial charge in [0.15, 0.2) is 0 Å². The molecule has 0 aromatic heterocycles. The molecule has 0 unspecified atom stereocenters. The van der Waals surface area contributed by atoms with Crippen LogP contribution in [0.2, 0.25) is 0 Å². The number of benzene rings is 2. The van der Waals surface area contributed by atoms with Crippen LogP contribution in [0.1, 0.15) is 21.5 Å². The number of halogens is 1. The van der Waals surface area contributed by atoms with Crippen molar-refractivity contribution in [3.8, 4) is 5.75 Å². The first kappa shape index (κ1) is 14.8. The van der Waals surface area contributed by atoms with E-state index in [1.165, 1.54) is 13.2 Å². The van der Waals surface area contributed by atoms with Crippen molar-refractivity contribution in [2.24, 2.45) is 0 Å². The van der Waals surface area contributed by atoms with Gasteiger partial charge in [-0.2, -0.15) is 0 Å². The topological polar surface area (TPSA) is 64.3 Å².